The topological polar surface area (TPSA) is 32.8 Å². The number of ether oxygens (including phenoxy) is 1. The van der Waals surface area contributed by atoms with E-state index in [0.717, 1.165) is 26.2 Å². The number of nitrogens with zero attached hydrogens (tertiary/aromatic N) is 2. The maximum absolute atomic E-state index is 11.4. The van der Waals surface area contributed by atoms with E-state index in [2.05, 4.69) is 30.6 Å². The second-order valence-corrected chi connectivity index (χ2v) is 6.19. The summed E-state index contributed by atoms with van der Waals surface area (Å²) in [6, 6.07) is 0. The van der Waals surface area contributed by atoms with Gasteiger partial charge >= 0.3 is 5.97 Å². The predicted molar refractivity (Wildman–Crippen MR) is 78.2 cm³/mol. The summed E-state index contributed by atoms with van der Waals surface area (Å²) in [6.07, 6.45) is 2.48. The first-order valence-corrected chi connectivity index (χ1v) is 7.57. The summed E-state index contributed by atoms with van der Waals surface area (Å²) in [5.41, 5.74) is 0.446. The van der Waals surface area contributed by atoms with E-state index in [9.17, 15) is 4.79 Å². The fourth-order valence-electron chi connectivity index (χ4n) is 2.20. The van der Waals surface area contributed by atoms with Gasteiger partial charge in [0, 0.05) is 26.2 Å². The van der Waals surface area contributed by atoms with Crippen molar-refractivity contribution in [1.29, 1.82) is 0 Å². The van der Waals surface area contributed by atoms with Gasteiger partial charge in [-0.15, -0.1) is 0 Å². The van der Waals surface area contributed by atoms with Crippen molar-refractivity contribution in [3.8, 4) is 0 Å². The molecule has 0 amide bonds. The molecular formula is C15H30N2O2. The van der Waals surface area contributed by atoms with Crippen LogP contribution in [0, 0.1) is 5.41 Å². The SMILES string of the molecule is CCOC(=O)CN1CCN(CCC(C)(C)CC)CC1. The quantitative estimate of drug-likeness (QED) is 0.662. The summed E-state index contributed by atoms with van der Waals surface area (Å²) in [7, 11) is 0. The third-order valence-electron chi connectivity index (χ3n) is 4.18. The maximum Gasteiger partial charge on any atom is 0.320 e. The van der Waals surface area contributed by atoms with Crippen LogP contribution in [-0.2, 0) is 9.53 Å². The van der Waals surface area contributed by atoms with Crippen LogP contribution in [0.2, 0.25) is 0 Å². The van der Waals surface area contributed by atoms with Crippen LogP contribution in [0.4, 0.5) is 0 Å². The first kappa shape index (κ1) is 16.4. The van der Waals surface area contributed by atoms with Crippen molar-refractivity contribution in [3.63, 3.8) is 0 Å². The minimum Gasteiger partial charge on any atom is -0.465 e. The molecule has 0 aromatic heterocycles. The normalized spacial score (nSPS) is 18.5. The molecule has 1 aliphatic rings. The maximum atomic E-state index is 11.4. The fourth-order valence-corrected chi connectivity index (χ4v) is 2.20. The summed E-state index contributed by atoms with van der Waals surface area (Å²) in [5, 5.41) is 0. The van der Waals surface area contributed by atoms with Gasteiger partial charge in [-0.3, -0.25) is 9.69 Å². The Hall–Kier alpha value is -0.610. The molecular weight excluding hydrogens is 240 g/mol. The van der Waals surface area contributed by atoms with Crippen LogP contribution in [0.5, 0.6) is 0 Å². The molecule has 4 heteroatoms. The van der Waals surface area contributed by atoms with Gasteiger partial charge in [0.15, 0.2) is 0 Å². The lowest BCUT2D eigenvalue weighted by Crippen LogP contribution is -2.48. The average molecular weight is 270 g/mol. The van der Waals surface area contributed by atoms with E-state index in [1.54, 1.807) is 0 Å². The van der Waals surface area contributed by atoms with Crippen molar-refractivity contribution in [2.45, 2.75) is 40.5 Å². The van der Waals surface area contributed by atoms with Crippen LogP contribution < -0.4 is 0 Å². The molecule has 0 atom stereocenters. The zero-order chi connectivity index (χ0) is 14.3. The lowest BCUT2D eigenvalue weighted by Gasteiger charge is -2.35. The van der Waals surface area contributed by atoms with Gasteiger partial charge in [-0.2, -0.15) is 0 Å². The monoisotopic (exact) mass is 270 g/mol. The van der Waals surface area contributed by atoms with E-state index in [0.29, 0.717) is 18.6 Å². The van der Waals surface area contributed by atoms with Crippen LogP contribution in [0.1, 0.15) is 40.5 Å². The van der Waals surface area contributed by atoms with Gasteiger partial charge < -0.3 is 9.64 Å². The van der Waals surface area contributed by atoms with E-state index < -0.39 is 0 Å². The molecule has 1 aliphatic heterocycles. The molecule has 112 valence electrons. The number of hydrogen-bond donors (Lipinski definition) is 0. The van der Waals surface area contributed by atoms with Crippen molar-refractivity contribution in [3.05, 3.63) is 0 Å². The van der Waals surface area contributed by atoms with Crippen molar-refractivity contribution in [1.82, 2.24) is 9.80 Å². The fraction of sp³-hybridized carbons (Fsp3) is 0.933. The van der Waals surface area contributed by atoms with Crippen LogP contribution in [-0.4, -0.2) is 61.6 Å². The summed E-state index contributed by atoms with van der Waals surface area (Å²) in [4.78, 5) is 16.1. The highest BCUT2D eigenvalue weighted by atomic mass is 16.5. The van der Waals surface area contributed by atoms with Crippen molar-refractivity contribution in [2.24, 2.45) is 5.41 Å². The van der Waals surface area contributed by atoms with Crippen LogP contribution in [0.15, 0.2) is 0 Å². The Morgan fingerprint density at radius 2 is 1.68 bits per heavy atom. The van der Waals surface area contributed by atoms with Gasteiger partial charge in [0.1, 0.15) is 0 Å². The molecule has 0 saturated carbocycles. The van der Waals surface area contributed by atoms with Crippen molar-refractivity contribution in [2.75, 3.05) is 45.9 Å². The second kappa shape index (κ2) is 7.85. The van der Waals surface area contributed by atoms with Crippen molar-refractivity contribution >= 4 is 5.97 Å². The summed E-state index contributed by atoms with van der Waals surface area (Å²) >= 11 is 0. The van der Waals surface area contributed by atoms with Gasteiger partial charge in [-0.25, -0.2) is 0 Å². The molecule has 19 heavy (non-hydrogen) atoms. The van der Waals surface area contributed by atoms with E-state index in [1.165, 1.54) is 19.4 Å². The Balaban J connectivity index is 2.20. The number of piperazine rings is 1. The van der Waals surface area contributed by atoms with E-state index in [4.69, 9.17) is 4.74 Å². The van der Waals surface area contributed by atoms with Crippen LogP contribution in [0.25, 0.3) is 0 Å². The smallest absolute Gasteiger partial charge is 0.320 e. The molecule has 0 N–H and O–H groups in total. The second-order valence-electron chi connectivity index (χ2n) is 6.19. The largest absolute Gasteiger partial charge is 0.465 e. The van der Waals surface area contributed by atoms with E-state index in [1.807, 2.05) is 6.92 Å². The highest BCUT2D eigenvalue weighted by Crippen LogP contribution is 2.24. The first-order valence-electron chi connectivity index (χ1n) is 7.57. The van der Waals surface area contributed by atoms with Gasteiger partial charge in [-0.1, -0.05) is 27.2 Å². The van der Waals surface area contributed by atoms with Gasteiger partial charge in [-0.05, 0) is 25.3 Å². The van der Waals surface area contributed by atoms with Gasteiger partial charge in [0.25, 0.3) is 0 Å². The molecule has 0 spiro atoms. The Bertz CT molecular complexity index is 271. The lowest BCUT2D eigenvalue weighted by atomic mass is 9.86. The molecule has 0 aromatic carbocycles. The Morgan fingerprint density at radius 3 is 2.21 bits per heavy atom. The van der Waals surface area contributed by atoms with Gasteiger partial charge in [0.2, 0.25) is 0 Å². The highest BCUT2D eigenvalue weighted by Gasteiger charge is 2.21. The van der Waals surface area contributed by atoms with E-state index >= 15 is 0 Å². The Morgan fingerprint density at radius 1 is 1.11 bits per heavy atom. The van der Waals surface area contributed by atoms with E-state index in [-0.39, 0.29) is 5.97 Å². The first-order chi connectivity index (χ1) is 8.96. The molecule has 0 aliphatic carbocycles. The zero-order valence-corrected chi connectivity index (χ0v) is 13.1. The number of hydrogen-bond acceptors (Lipinski definition) is 4. The molecule has 1 heterocycles. The van der Waals surface area contributed by atoms with Crippen LogP contribution in [0.3, 0.4) is 0 Å². The third-order valence-corrected chi connectivity index (χ3v) is 4.18. The molecule has 1 saturated heterocycles. The van der Waals surface area contributed by atoms with Crippen molar-refractivity contribution < 1.29 is 9.53 Å². The number of carbonyl (C=O) groups is 1. The number of esters is 1. The molecule has 0 aromatic rings. The number of carbonyl (C=O) groups excluding carboxylic acids is 1. The Kier molecular flexibility index (Phi) is 6.80. The molecule has 1 rings (SSSR count). The molecule has 0 unspecified atom stereocenters. The van der Waals surface area contributed by atoms with Gasteiger partial charge in [0.05, 0.1) is 13.2 Å². The minimum absolute atomic E-state index is 0.0944. The molecule has 0 bridgehead atoms. The average Bonchev–Trinajstić information content (AvgIpc) is 2.38. The summed E-state index contributed by atoms with van der Waals surface area (Å²) in [6.45, 7) is 15.0. The summed E-state index contributed by atoms with van der Waals surface area (Å²) in [5.74, 6) is -0.0944. The highest BCUT2D eigenvalue weighted by molar-refractivity contribution is 5.71. The summed E-state index contributed by atoms with van der Waals surface area (Å²) < 4.78 is 4.98. The zero-order valence-electron chi connectivity index (χ0n) is 13.1. The third kappa shape index (κ3) is 6.39. The molecule has 4 nitrogen and oxygen atoms in total. The minimum atomic E-state index is -0.0944. The molecule has 1 fully saturated rings. The molecule has 0 radical (unpaired) electrons. The van der Waals surface area contributed by atoms with Crippen LogP contribution >= 0.6 is 0 Å². The predicted octanol–water partition coefficient (Wildman–Crippen LogP) is 1.99. The standard InChI is InChI=1S/C15H30N2O2/c1-5-15(3,4)7-8-16-9-11-17(12-10-16)13-14(18)19-6-2/h5-13H2,1-4H3. The number of rotatable bonds is 7. The Labute approximate surface area is 118 Å². The lowest BCUT2D eigenvalue weighted by molar-refractivity contribution is -0.144.